The summed E-state index contributed by atoms with van der Waals surface area (Å²) in [5.41, 5.74) is -0.553. The van der Waals surface area contributed by atoms with Crippen LogP contribution in [0, 0.1) is 0 Å². The Morgan fingerprint density at radius 3 is 2.92 bits per heavy atom. The zero-order chi connectivity index (χ0) is 18.3. The number of hydrogen-bond acceptors (Lipinski definition) is 4. The van der Waals surface area contributed by atoms with E-state index in [1.165, 1.54) is 7.11 Å². The molecule has 4 aliphatic rings. The van der Waals surface area contributed by atoms with Crippen molar-refractivity contribution in [3.8, 4) is 11.5 Å². The van der Waals surface area contributed by atoms with Gasteiger partial charge in [0, 0.05) is 24.6 Å². The number of alkyl halides is 2. The van der Waals surface area contributed by atoms with Crippen LogP contribution in [-0.2, 0) is 11.8 Å². The van der Waals surface area contributed by atoms with E-state index >= 15 is 0 Å². The zero-order valence-electron chi connectivity index (χ0n) is 14.8. The van der Waals surface area contributed by atoms with Crippen molar-refractivity contribution >= 4 is 0 Å². The summed E-state index contributed by atoms with van der Waals surface area (Å²) in [7, 11) is 1.52. The predicted octanol–water partition coefficient (Wildman–Crippen LogP) is 2.67. The van der Waals surface area contributed by atoms with E-state index in [1.54, 1.807) is 6.07 Å². The van der Waals surface area contributed by atoms with E-state index in [-0.39, 0.29) is 18.9 Å². The molecule has 6 heteroatoms. The van der Waals surface area contributed by atoms with Crippen molar-refractivity contribution in [2.75, 3.05) is 20.2 Å². The van der Waals surface area contributed by atoms with E-state index in [2.05, 4.69) is 11.5 Å². The van der Waals surface area contributed by atoms with Gasteiger partial charge in [-0.15, -0.1) is 6.58 Å². The molecule has 1 aromatic carbocycles. The van der Waals surface area contributed by atoms with Gasteiger partial charge in [0.05, 0.1) is 18.1 Å². The monoisotopic (exact) mass is 363 g/mol. The van der Waals surface area contributed by atoms with Crippen LogP contribution in [0.1, 0.15) is 30.4 Å². The summed E-state index contributed by atoms with van der Waals surface area (Å²) in [4.78, 5) is 2.18. The van der Waals surface area contributed by atoms with Crippen molar-refractivity contribution in [3.05, 3.63) is 35.9 Å². The van der Waals surface area contributed by atoms with Gasteiger partial charge in [-0.1, -0.05) is 12.1 Å². The second-order valence-corrected chi connectivity index (χ2v) is 8.04. The fourth-order valence-electron chi connectivity index (χ4n) is 6.10. The fourth-order valence-corrected chi connectivity index (χ4v) is 6.10. The van der Waals surface area contributed by atoms with Crippen LogP contribution in [0.2, 0.25) is 0 Å². The molecular weight excluding hydrogens is 340 g/mol. The highest BCUT2D eigenvalue weighted by Crippen LogP contribution is 2.67. The number of rotatable bonds is 3. The predicted molar refractivity (Wildman–Crippen MR) is 92.1 cm³/mol. The molecule has 4 nitrogen and oxygen atoms in total. The van der Waals surface area contributed by atoms with Crippen molar-refractivity contribution in [1.82, 2.24) is 4.90 Å². The molecule has 2 heterocycles. The largest absolute Gasteiger partial charge is 0.493 e. The van der Waals surface area contributed by atoms with Crippen LogP contribution >= 0.6 is 0 Å². The van der Waals surface area contributed by atoms with E-state index in [4.69, 9.17) is 9.47 Å². The molecule has 2 aliphatic carbocycles. The summed E-state index contributed by atoms with van der Waals surface area (Å²) in [6, 6.07) is 3.53. The Bertz CT molecular complexity index is 798. The van der Waals surface area contributed by atoms with Gasteiger partial charge in [0.1, 0.15) is 0 Å². The maximum atomic E-state index is 15.0. The fraction of sp³-hybridized carbons (Fsp3) is 0.600. The molecule has 2 bridgehead atoms. The molecular formula is C20H23F2NO3. The minimum absolute atomic E-state index is 0.0776. The number of nitrogens with zero attached hydrogens (tertiary/aromatic N) is 1. The lowest BCUT2D eigenvalue weighted by atomic mass is 9.48. The summed E-state index contributed by atoms with van der Waals surface area (Å²) in [6.07, 6.45) is 1.26. The maximum absolute atomic E-state index is 15.0. The minimum atomic E-state index is -2.98. The maximum Gasteiger partial charge on any atom is 0.285 e. The highest BCUT2D eigenvalue weighted by molar-refractivity contribution is 5.63. The van der Waals surface area contributed by atoms with E-state index < -0.39 is 23.0 Å². The molecule has 2 aliphatic heterocycles. The molecule has 0 aromatic heterocycles. The molecule has 1 unspecified atom stereocenters. The first-order valence-electron chi connectivity index (χ1n) is 9.21. The SMILES string of the molecule is C=CCN1CCC23c4c5ccc(OC)c4O[C@@H]2C(F)(F)CC[C@]3(O)[C@@H]1C5. The third-order valence-electron chi connectivity index (χ3n) is 7.12. The van der Waals surface area contributed by atoms with Crippen LogP contribution in [0.5, 0.6) is 11.5 Å². The van der Waals surface area contributed by atoms with Gasteiger partial charge in [0.2, 0.25) is 0 Å². The first-order chi connectivity index (χ1) is 12.4. The Balaban J connectivity index is 1.79. The summed E-state index contributed by atoms with van der Waals surface area (Å²) < 4.78 is 41.3. The van der Waals surface area contributed by atoms with Crippen LogP contribution in [0.25, 0.3) is 0 Å². The molecule has 140 valence electrons. The number of halogens is 2. The molecule has 1 saturated carbocycles. The standard InChI is InChI=1S/C20H23F2NO3/c1-3-9-23-10-8-18-15-12-4-5-13(25-2)16(15)26-17(18)20(21,22)7-6-19(18,24)14(23)11-12/h3-5,14,17,24H,1,6-11H2,2H3/t14-,17-,18?,19-/m0/s1. The molecule has 1 aromatic rings. The van der Waals surface area contributed by atoms with Crippen molar-refractivity contribution in [2.45, 2.75) is 54.8 Å². The van der Waals surface area contributed by atoms with Gasteiger partial charge >= 0.3 is 0 Å². The first kappa shape index (κ1) is 16.5. The smallest absolute Gasteiger partial charge is 0.285 e. The van der Waals surface area contributed by atoms with Crippen molar-refractivity contribution in [3.63, 3.8) is 0 Å². The summed E-state index contributed by atoms with van der Waals surface area (Å²) >= 11 is 0. The minimum Gasteiger partial charge on any atom is -0.493 e. The third-order valence-corrected chi connectivity index (χ3v) is 7.12. The summed E-state index contributed by atoms with van der Waals surface area (Å²) in [6.45, 7) is 5.10. The lowest BCUT2D eigenvalue weighted by Crippen LogP contribution is -2.78. The average molecular weight is 363 g/mol. The molecule has 1 N–H and O–H groups in total. The topological polar surface area (TPSA) is 41.9 Å². The van der Waals surface area contributed by atoms with Gasteiger partial charge in [-0.25, -0.2) is 8.78 Å². The van der Waals surface area contributed by atoms with Gasteiger partial charge in [-0.05, 0) is 37.4 Å². The number of ether oxygens (including phenoxy) is 2. The Morgan fingerprint density at radius 1 is 1.38 bits per heavy atom. The van der Waals surface area contributed by atoms with Gasteiger partial charge in [-0.3, -0.25) is 4.90 Å². The first-order valence-corrected chi connectivity index (χ1v) is 9.21. The number of aliphatic hydroxyl groups is 1. The average Bonchev–Trinajstić information content (AvgIpc) is 2.97. The quantitative estimate of drug-likeness (QED) is 0.839. The van der Waals surface area contributed by atoms with E-state index in [1.807, 2.05) is 12.1 Å². The Morgan fingerprint density at radius 2 is 2.19 bits per heavy atom. The van der Waals surface area contributed by atoms with E-state index in [0.717, 1.165) is 11.1 Å². The molecule has 1 spiro atoms. The molecule has 0 amide bonds. The highest BCUT2D eigenvalue weighted by atomic mass is 19.3. The molecule has 0 radical (unpaired) electrons. The lowest BCUT2D eigenvalue weighted by Gasteiger charge is -2.63. The Labute approximate surface area is 151 Å². The lowest BCUT2D eigenvalue weighted by molar-refractivity contribution is -0.247. The number of piperidine rings is 1. The Hall–Kier alpha value is -1.66. The number of hydrogen-bond donors (Lipinski definition) is 1. The van der Waals surface area contributed by atoms with E-state index in [9.17, 15) is 13.9 Å². The van der Waals surface area contributed by atoms with Gasteiger partial charge < -0.3 is 14.6 Å². The number of benzene rings is 1. The molecule has 4 atom stereocenters. The second kappa shape index (κ2) is 4.98. The van der Waals surface area contributed by atoms with Crippen molar-refractivity contribution in [2.24, 2.45) is 0 Å². The molecule has 5 rings (SSSR count). The second-order valence-electron chi connectivity index (χ2n) is 8.04. The van der Waals surface area contributed by atoms with Crippen LogP contribution in [0.4, 0.5) is 8.78 Å². The van der Waals surface area contributed by atoms with Gasteiger partial charge in [-0.2, -0.15) is 0 Å². The zero-order valence-corrected chi connectivity index (χ0v) is 14.8. The normalized spacial score (nSPS) is 39.1. The van der Waals surface area contributed by atoms with E-state index in [0.29, 0.717) is 37.4 Å². The molecule has 1 saturated heterocycles. The van der Waals surface area contributed by atoms with Crippen molar-refractivity contribution < 1.29 is 23.4 Å². The summed E-state index contributed by atoms with van der Waals surface area (Å²) in [5, 5.41) is 11.9. The highest BCUT2D eigenvalue weighted by Gasteiger charge is 2.77. The molecule has 26 heavy (non-hydrogen) atoms. The number of methoxy groups -OCH3 is 1. The van der Waals surface area contributed by atoms with Gasteiger partial charge in [0.15, 0.2) is 17.6 Å². The summed E-state index contributed by atoms with van der Waals surface area (Å²) in [5.74, 6) is -2.10. The van der Waals surface area contributed by atoms with Crippen LogP contribution < -0.4 is 9.47 Å². The number of likely N-dealkylation sites (tertiary alicyclic amines) is 1. The van der Waals surface area contributed by atoms with Crippen LogP contribution in [0.3, 0.4) is 0 Å². The van der Waals surface area contributed by atoms with Crippen molar-refractivity contribution in [1.29, 1.82) is 0 Å². The molecule has 2 fully saturated rings. The third kappa shape index (κ3) is 1.66. The van der Waals surface area contributed by atoms with Gasteiger partial charge in [0.25, 0.3) is 5.92 Å². The Kier molecular flexibility index (Phi) is 3.17. The van der Waals surface area contributed by atoms with Crippen LogP contribution in [-0.4, -0.2) is 53.9 Å². The van der Waals surface area contributed by atoms with Crippen LogP contribution in [0.15, 0.2) is 24.8 Å².